The van der Waals surface area contributed by atoms with Gasteiger partial charge in [0.05, 0.1) is 13.5 Å². The summed E-state index contributed by atoms with van der Waals surface area (Å²) in [6.45, 7) is 4.79. The number of ether oxygens (including phenoxy) is 1. The Kier molecular flexibility index (Phi) is 4.62. The van der Waals surface area contributed by atoms with Crippen molar-refractivity contribution < 1.29 is 9.53 Å². The molecule has 0 aliphatic carbocycles. The Morgan fingerprint density at radius 1 is 1.19 bits per heavy atom. The van der Waals surface area contributed by atoms with Crippen molar-refractivity contribution in [2.24, 2.45) is 0 Å². The van der Waals surface area contributed by atoms with Gasteiger partial charge in [0, 0.05) is 43.5 Å². The van der Waals surface area contributed by atoms with Gasteiger partial charge in [-0.25, -0.2) is 4.98 Å². The lowest BCUT2D eigenvalue weighted by Gasteiger charge is -2.36. The van der Waals surface area contributed by atoms with Gasteiger partial charge in [-0.05, 0) is 13.0 Å². The van der Waals surface area contributed by atoms with E-state index in [9.17, 15) is 4.79 Å². The van der Waals surface area contributed by atoms with Crippen LogP contribution in [0.5, 0.6) is 5.75 Å². The number of hydrogen-bond acceptors (Lipinski definition) is 6. The monoisotopic (exact) mass is 366 g/mol. The summed E-state index contributed by atoms with van der Waals surface area (Å²) in [7, 11) is 1.63. The van der Waals surface area contributed by atoms with Crippen molar-refractivity contribution in [2.75, 3.05) is 38.2 Å². The molecule has 8 heteroatoms. The second-order valence-corrected chi connectivity index (χ2v) is 6.58. The summed E-state index contributed by atoms with van der Waals surface area (Å²) < 4.78 is 7.10. The number of anilines is 1. The molecule has 1 aliphatic heterocycles. The van der Waals surface area contributed by atoms with E-state index in [1.165, 1.54) is 6.33 Å². The number of aryl methyl sites for hydroxylation is 1. The normalized spacial score (nSPS) is 14.6. The Balaban J connectivity index is 1.44. The van der Waals surface area contributed by atoms with Crippen LogP contribution in [0.15, 0.2) is 36.7 Å². The van der Waals surface area contributed by atoms with Gasteiger partial charge in [0.25, 0.3) is 5.78 Å². The first-order valence-electron chi connectivity index (χ1n) is 8.97. The summed E-state index contributed by atoms with van der Waals surface area (Å²) >= 11 is 0. The molecule has 3 aromatic rings. The van der Waals surface area contributed by atoms with Crippen LogP contribution in [0.1, 0.15) is 11.3 Å². The fourth-order valence-corrected chi connectivity index (χ4v) is 3.45. The van der Waals surface area contributed by atoms with Crippen LogP contribution in [0, 0.1) is 6.92 Å². The number of hydrogen-bond donors (Lipinski definition) is 0. The van der Waals surface area contributed by atoms with Gasteiger partial charge in [-0.3, -0.25) is 4.79 Å². The van der Waals surface area contributed by atoms with Crippen molar-refractivity contribution in [1.82, 2.24) is 24.5 Å². The van der Waals surface area contributed by atoms with Crippen LogP contribution in [-0.2, 0) is 11.2 Å². The van der Waals surface area contributed by atoms with Crippen LogP contribution in [0.2, 0.25) is 0 Å². The number of carbonyl (C=O) groups is 1. The molecule has 0 atom stereocenters. The zero-order chi connectivity index (χ0) is 18.8. The molecule has 0 spiro atoms. The van der Waals surface area contributed by atoms with E-state index in [0.29, 0.717) is 25.3 Å². The number of nitrogens with zero attached hydrogens (tertiary/aromatic N) is 6. The largest absolute Gasteiger partial charge is 0.496 e. The number of para-hydroxylation sites is 1. The van der Waals surface area contributed by atoms with Crippen LogP contribution < -0.4 is 9.64 Å². The number of rotatable bonds is 4. The van der Waals surface area contributed by atoms with Gasteiger partial charge in [-0.15, -0.1) is 0 Å². The molecule has 1 aliphatic rings. The number of methoxy groups -OCH3 is 1. The lowest BCUT2D eigenvalue weighted by molar-refractivity contribution is -0.130. The molecular weight excluding hydrogens is 344 g/mol. The highest BCUT2D eigenvalue weighted by Crippen LogP contribution is 2.21. The van der Waals surface area contributed by atoms with Gasteiger partial charge in [0.15, 0.2) is 0 Å². The predicted molar refractivity (Wildman–Crippen MR) is 101 cm³/mol. The number of fused-ring (bicyclic) bond motifs is 1. The predicted octanol–water partition coefficient (Wildman–Crippen LogP) is 1.33. The van der Waals surface area contributed by atoms with Crippen molar-refractivity contribution in [1.29, 1.82) is 0 Å². The minimum Gasteiger partial charge on any atom is -0.496 e. The smallest absolute Gasteiger partial charge is 0.254 e. The lowest BCUT2D eigenvalue weighted by atomic mass is 10.1. The minimum atomic E-state index is 0.121. The summed E-state index contributed by atoms with van der Waals surface area (Å²) in [6.07, 6.45) is 1.87. The second kappa shape index (κ2) is 7.22. The molecular formula is C19H22N6O2. The average molecular weight is 366 g/mol. The number of piperazine rings is 1. The van der Waals surface area contributed by atoms with Gasteiger partial charge in [0.2, 0.25) is 5.91 Å². The van der Waals surface area contributed by atoms with Crippen molar-refractivity contribution in [2.45, 2.75) is 13.3 Å². The first kappa shape index (κ1) is 17.3. The third-order valence-corrected chi connectivity index (χ3v) is 4.85. The van der Waals surface area contributed by atoms with Crippen LogP contribution >= 0.6 is 0 Å². The summed E-state index contributed by atoms with van der Waals surface area (Å²) in [5.74, 6) is 2.44. The third-order valence-electron chi connectivity index (χ3n) is 4.85. The van der Waals surface area contributed by atoms with Gasteiger partial charge >= 0.3 is 0 Å². The molecule has 1 saturated heterocycles. The quantitative estimate of drug-likeness (QED) is 0.693. The van der Waals surface area contributed by atoms with Crippen molar-refractivity contribution in [3.05, 3.63) is 47.9 Å². The maximum atomic E-state index is 12.7. The molecule has 1 aromatic carbocycles. The molecule has 3 heterocycles. The zero-order valence-corrected chi connectivity index (χ0v) is 15.5. The van der Waals surface area contributed by atoms with E-state index < -0.39 is 0 Å². The average Bonchev–Trinajstić information content (AvgIpc) is 3.16. The molecule has 0 N–H and O–H groups in total. The zero-order valence-electron chi connectivity index (χ0n) is 15.5. The molecule has 0 bridgehead atoms. The molecule has 140 valence electrons. The topological polar surface area (TPSA) is 75.9 Å². The summed E-state index contributed by atoms with van der Waals surface area (Å²) in [6, 6.07) is 9.67. The van der Waals surface area contributed by atoms with E-state index >= 15 is 0 Å². The van der Waals surface area contributed by atoms with Crippen molar-refractivity contribution >= 4 is 17.5 Å². The first-order chi connectivity index (χ1) is 13.2. The maximum Gasteiger partial charge on any atom is 0.254 e. The fraction of sp³-hybridized carbons (Fsp3) is 0.368. The Bertz CT molecular complexity index is 962. The molecule has 1 amide bonds. The summed E-state index contributed by atoms with van der Waals surface area (Å²) in [4.78, 5) is 25.4. The Morgan fingerprint density at radius 3 is 2.74 bits per heavy atom. The molecule has 0 radical (unpaired) electrons. The van der Waals surface area contributed by atoms with Gasteiger partial charge < -0.3 is 14.5 Å². The third kappa shape index (κ3) is 3.42. The van der Waals surface area contributed by atoms with E-state index in [1.807, 2.05) is 42.2 Å². The van der Waals surface area contributed by atoms with Crippen LogP contribution in [0.25, 0.3) is 5.78 Å². The van der Waals surface area contributed by atoms with E-state index in [1.54, 1.807) is 11.6 Å². The summed E-state index contributed by atoms with van der Waals surface area (Å²) in [5.41, 5.74) is 1.82. The summed E-state index contributed by atoms with van der Waals surface area (Å²) in [5, 5.41) is 4.27. The number of amides is 1. The maximum absolute atomic E-state index is 12.7. The molecule has 8 nitrogen and oxygen atoms in total. The van der Waals surface area contributed by atoms with E-state index in [-0.39, 0.29) is 5.91 Å². The van der Waals surface area contributed by atoms with Gasteiger partial charge in [0.1, 0.15) is 17.9 Å². The minimum absolute atomic E-state index is 0.121. The molecule has 0 saturated carbocycles. The highest BCUT2D eigenvalue weighted by atomic mass is 16.5. The van der Waals surface area contributed by atoms with Gasteiger partial charge in [-0.1, -0.05) is 18.2 Å². The standard InChI is InChI=1S/C19H22N6O2/c1-14-11-17(25-19(22-14)20-13-21-25)23-7-9-24(10-8-23)18(26)12-15-5-3-4-6-16(15)27-2/h3-6,11,13H,7-10,12H2,1-2H3. The molecule has 0 unspecified atom stereocenters. The SMILES string of the molecule is COc1ccccc1CC(=O)N1CCN(c2cc(C)nc3ncnn23)CC1. The second-order valence-electron chi connectivity index (χ2n) is 6.58. The molecule has 2 aromatic heterocycles. The van der Waals surface area contributed by atoms with E-state index in [0.717, 1.165) is 35.9 Å². The Morgan fingerprint density at radius 2 is 1.96 bits per heavy atom. The highest BCUT2D eigenvalue weighted by molar-refractivity contribution is 5.79. The Hall–Kier alpha value is -3.16. The fourth-order valence-electron chi connectivity index (χ4n) is 3.45. The lowest BCUT2D eigenvalue weighted by Crippen LogP contribution is -2.49. The molecule has 27 heavy (non-hydrogen) atoms. The molecule has 4 rings (SSSR count). The van der Waals surface area contributed by atoms with Crippen molar-refractivity contribution in [3.63, 3.8) is 0 Å². The first-order valence-corrected chi connectivity index (χ1v) is 8.97. The highest BCUT2D eigenvalue weighted by Gasteiger charge is 2.24. The number of benzene rings is 1. The van der Waals surface area contributed by atoms with Crippen molar-refractivity contribution in [3.8, 4) is 5.75 Å². The Labute approximate surface area is 157 Å². The van der Waals surface area contributed by atoms with E-state index in [4.69, 9.17) is 4.74 Å². The van der Waals surface area contributed by atoms with Crippen LogP contribution in [0.3, 0.4) is 0 Å². The van der Waals surface area contributed by atoms with Crippen LogP contribution in [-0.4, -0.2) is 63.7 Å². The van der Waals surface area contributed by atoms with Crippen LogP contribution in [0.4, 0.5) is 5.82 Å². The number of carbonyl (C=O) groups excluding carboxylic acids is 1. The van der Waals surface area contributed by atoms with Gasteiger partial charge in [-0.2, -0.15) is 14.6 Å². The van der Waals surface area contributed by atoms with E-state index in [2.05, 4.69) is 20.0 Å². The molecule has 1 fully saturated rings. The number of aromatic nitrogens is 4.